The molecular weight excluding hydrogens is 324 g/mol. The van der Waals surface area contributed by atoms with Gasteiger partial charge < -0.3 is 0 Å². The monoisotopic (exact) mass is 340 g/mol. The second kappa shape index (κ2) is 7.95. The summed E-state index contributed by atoms with van der Waals surface area (Å²) < 4.78 is 0.782. The summed E-state index contributed by atoms with van der Waals surface area (Å²) in [6, 6.07) is 24.6. The van der Waals surface area contributed by atoms with Crippen LogP contribution in [0, 0.1) is 0 Å². The second-order valence-corrected chi connectivity index (χ2v) is 6.93. The average Bonchev–Trinajstić information content (AvgIpc) is 3.00. The Morgan fingerprint density at radius 1 is 0.826 bits per heavy atom. The standard InChI is InChI=1S/C19H17ClN2S/c20-19-12-11-18(23-19)13-21-22(14-16-7-3-1-4-8-16)15-17-9-5-2-6-10-17/h1-13H,14-15H2/b21-13+. The van der Waals surface area contributed by atoms with Gasteiger partial charge in [-0.05, 0) is 23.3 Å². The van der Waals surface area contributed by atoms with Gasteiger partial charge in [0.15, 0.2) is 0 Å². The molecule has 0 aliphatic rings. The van der Waals surface area contributed by atoms with Gasteiger partial charge in [-0.1, -0.05) is 72.3 Å². The predicted octanol–water partition coefficient (Wildman–Crippen LogP) is 5.44. The van der Waals surface area contributed by atoms with E-state index >= 15 is 0 Å². The third-order valence-corrected chi connectivity index (χ3v) is 4.52. The Morgan fingerprint density at radius 3 is 1.87 bits per heavy atom. The van der Waals surface area contributed by atoms with Crippen molar-refractivity contribution < 1.29 is 0 Å². The smallest absolute Gasteiger partial charge is 0.0935 e. The Kier molecular flexibility index (Phi) is 5.46. The topological polar surface area (TPSA) is 15.6 Å². The van der Waals surface area contributed by atoms with Crippen LogP contribution in [0.4, 0.5) is 0 Å². The Labute approximate surface area is 145 Å². The van der Waals surface area contributed by atoms with Crippen LogP contribution in [-0.2, 0) is 13.1 Å². The number of benzene rings is 2. The molecule has 0 bridgehead atoms. The molecule has 0 radical (unpaired) electrons. The van der Waals surface area contributed by atoms with Crippen LogP contribution in [0.1, 0.15) is 16.0 Å². The van der Waals surface area contributed by atoms with Crippen molar-refractivity contribution >= 4 is 29.2 Å². The van der Waals surface area contributed by atoms with E-state index in [0.29, 0.717) is 0 Å². The molecule has 0 N–H and O–H groups in total. The number of hydrazone groups is 1. The van der Waals surface area contributed by atoms with Gasteiger partial charge in [-0.3, -0.25) is 5.01 Å². The highest BCUT2D eigenvalue weighted by Gasteiger charge is 2.04. The van der Waals surface area contributed by atoms with E-state index in [4.69, 9.17) is 11.6 Å². The molecule has 1 aromatic heterocycles. The molecule has 1 heterocycles. The van der Waals surface area contributed by atoms with Crippen LogP contribution < -0.4 is 0 Å². The third kappa shape index (κ3) is 4.95. The van der Waals surface area contributed by atoms with Crippen molar-refractivity contribution in [3.05, 3.63) is 93.1 Å². The molecule has 0 fully saturated rings. The fourth-order valence-corrected chi connectivity index (χ4v) is 3.19. The van der Waals surface area contributed by atoms with Gasteiger partial charge in [-0.15, -0.1) is 11.3 Å². The molecule has 23 heavy (non-hydrogen) atoms. The molecule has 116 valence electrons. The molecule has 0 unspecified atom stereocenters. The van der Waals surface area contributed by atoms with E-state index in [1.165, 1.54) is 22.5 Å². The lowest BCUT2D eigenvalue weighted by Crippen LogP contribution is -2.16. The maximum absolute atomic E-state index is 5.98. The number of rotatable bonds is 6. The lowest BCUT2D eigenvalue weighted by Gasteiger charge is -2.19. The summed E-state index contributed by atoms with van der Waals surface area (Å²) in [7, 11) is 0. The molecule has 0 saturated heterocycles. The van der Waals surface area contributed by atoms with Gasteiger partial charge in [0.05, 0.1) is 23.6 Å². The van der Waals surface area contributed by atoms with Gasteiger partial charge in [-0.25, -0.2) is 0 Å². The number of hydrogen-bond acceptors (Lipinski definition) is 3. The predicted molar refractivity (Wildman–Crippen MR) is 99.1 cm³/mol. The highest BCUT2D eigenvalue weighted by Crippen LogP contribution is 2.20. The third-order valence-electron chi connectivity index (χ3n) is 3.36. The van der Waals surface area contributed by atoms with Crippen molar-refractivity contribution in [3.8, 4) is 0 Å². The number of hydrogen-bond donors (Lipinski definition) is 0. The van der Waals surface area contributed by atoms with Gasteiger partial charge in [0.1, 0.15) is 0 Å². The van der Waals surface area contributed by atoms with Crippen molar-refractivity contribution in [2.45, 2.75) is 13.1 Å². The van der Waals surface area contributed by atoms with Crippen LogP contribution >= 0.6 is 22.9 Å². The lowest BCUT2D eigenvalue weighted by molar-refractivity contribution is 0.272. The molecule has 0 atom stereocenters. The van der Waals surface area contributed by atoms with E-state index in [-0.39, 0.29) is 0 Å². The molecule has 2 aromatic carbocycles. The molecule has 2 nitrogen and oxygen atoms in total. The quantitative estimate of drug-likeness (QED) is 0.431. The van der Waals surface area contributed by atoms with E-state index < -0.39 is 0 Å². The maximum Gasteiger partial charge on any atom is 0.0935 e. The van der Waals surface area contributed by atoms with Gasteiger partial charge in [-0.2, -0.15) is 5.10 Å². The normalized spacial score (nSPS) is 11.0. The van der Waals surface area contributed by atoms with Crippen LogP contribution in [0.25, 0.3) is 0 Å². The number of thiophene rings is 1. The summed E-state index contributed by atoms with van der Waals surface area (Å²) in [4.78, 5) is 1.06. The van der Waals surface area contributed by atoms with E-state index in [1.807, 2.05) is 30.5 Å². The summed E-state index contributed by atoms with van der Waals surface area (Å²) in [5.74, 6) is 0. The fraction of sp³-hybridized carbons (Fsp3) is 0.105. The van der Waals surface area contributed by atoms with E-state index in [0.717, 1.165) is 22.3 Å². The summed E-state index contributed by atoms with van der Waals surface area (Å²) >= 11 is 7.51. The zero-order chi connectivity index (χ0) is 15.9. The molecule has 3 aromatic rings. The molecule has 3 rings (SSSR count). The molecular formula is C19H17ClN2S. The lowest BCUT2D eigenvalue weighted by atomic mass is 10.2. The van der Waals surface area contributed by atoms with Gasteiger partial charge in [0.2, 0.25) is 0 Å². The highest BCUT2D eigenvalue weighted by atomic mass is 35.5. The Balaban J connectivity index is 1.76. The van der Waals surface area contributed by atoms with Crippen LogP contribution in [-0.4, -0.2) is 11.2 Å². The van der Waals surface area contributed by atoms with Crippen molar-refractivity contribution in [3.63, 3.8) is 0 Å². The van der Waals surface area contributed by atoms with Crippen molar-refractivity contribution in [2.75, 3.05) is 0 Å². The van der Waals surface area contributed by atoms with E-state index in [1.54, 1.807) is 0 Å². The van der Waals surface area contributed by atoms with E-state index in [2.05, 4.69) is 58.6 Å². The second-order valence-electron chi connectivity index (χ2n) is 5.18. The minimum atomic E-state index is 0.769. The SMILES string of the molecule is Clc1ccc(/C=N/N(Cc2ccccc2)Cc2ccccc2)s1. The molecule has 4 heteroatoms. The largest absolute Gasteiger partial charge is 0.288 e. The molecule has 0 aliphatic heterocycles. The summed E-state index contributed by atoms with van der Waals surface area (Å²) in [6.45, 7) is 1.54. The first kappa shape index (κ1) is 15.8. The first-order valence-corrected chi connectivity index (χ1v) is 8.61. The molecule has 0 saturated carbocycles. The Morgan fingerprint density at radius 2 is 1.39 bits per heavy atom. The van der Waals surface area contributed by atoms with Crippen molar-refractivity contribution in [1.29, 1.82) is 0 Å². The van der Waals surface area contributed by atoms with Crippen molar-refractivity contribution in [2.24, 2.45) is 5.10 Å². The fourth-order valence-electron chi connectivity index (χ4n) is 2.26. The maximum atomic E-state index is 5.98. The zero-order valence-electron chi connectivity index (χ0n) is 12.6. The Bertz CT molecular complexity index is 712. The Hall–Kier alpha value is -2.10. The summed E-state index contributed by atoms with van der Waals surface area (Å²) in [5.41, 5.74) is 2.48. The van der Waals surface area contributed by atoms with Crippen LogP contribution in [0.3, 0.4) is 0 Å². The van der Waals surface area contributed by atoms with Crippen LogP contribution in [0.2, 0.25) is 4.34 Å². The summed E-state index contributed by atoms with van der Waals surface area (Å²) in [6.07, 6.45) is 1.88. The summed E-state index contributed by atoms with van der Waals surface area (Å²) in [5, 5.41) is 6.73. The molecule has 0 spiro atoms. The van der Waals surface area contributed by atoms with Gasteiger partial charge in [0, 0.05) is 4.88 Å². The first-order valence-electron chi connectivity index (χ1n) is 7.42. The van der Waals surface area contributed by atoms with Gasteiger partial charge in [0.25, 0.3) is 0 Å². The van der Waals surface area contributed by atoms with Crippen LogP contribution in [0.5, 0.6) is 0 Å². The zero-order valence-corrected chi connectivity index (χ0v) is 14.2. The minimum Gasteiger partial charge on any atom is -0.288 e. The first-order chi connectivity index (χ1) is 11.3. The average molecular weight is 341 g/mol. The molecule has 0 amide bonds. The van der Waals surface area contributed by atoms with Crippen molar-refractivity contribution in [1.82, 2.24) is 5.01 Å². The minimum absolute atomic E-state index is 0.769. The van der Waals surface area contributed by atoms with Gasteiger partial charge >= 0.3 is 0 Å². The highest BCUT2D eigenvalue weighted by molar-refractivity contribution is 7.17. The van der Waals surface area contributed by atoms with Crippen LogP contribution in [0.15, 0.2) is 77.9 Å². The van der Waals surface area contributed by atoms with E-state index in [9.17, 15) is 0 Å². The molecule has 0 aliphatic carbocycles. The number of halogens is 1. The number of nitrogens with zero attached hydrogens (tertiary/aromatic N) is 2.